The number of hydrogen-bond donors (Lipinski definition) is 2. The zero-order valence-corrected chi connectivity index (χ0v) is 10.8. The summed E-state index contributed by atoms with van der Waals surface area (Å²) in [6.07, 6.45) is 1.18. The third-order valence-corrected chi connectivity index (χ3v) is 3.02. The van der Waals surface area contributed by atoms with Crippen LogP contribution in [0.4, 0.5) is 0 Å². The zero-order valence-electron chi connectivity index (χ0n) is 9.26. The molecule has 0 saturated heterocycles. The van der Waals surface area contributed by atoms with Gasteiger partial charge in [-0.15, -0.1) is 0 Å². The lowest BCUT2D eigenvalue weighted by atomic mass is 10.1. The van der Waals surface area contributed by atoms with Crippen LogP contribution in [0, 0.1) is 5.92 Å². The molecule has 0 radical (unpaired) electrons. The van der Waals surface area contributed by atoms with Crippen LogP contribution in [0.3, 0.4) is 0 Å². The van der Waals surface area contributed by atoms with E-state index in [2.05, 4.69) is 35.1 Å². The summed E-state index contributed by atoms with van der Waals surface area (Å²) in [6, 6.07) is 5.34. The molecule has 0 bridgehead atoms. The molecule has 1 rings (SSSR count). The van der Waals surface area contributed by atoms with E-state index in [9.17, 15) is 5.11 Å². The first-order chi connectivity index (χ1) is 7.09. The topological polar surface area (TPSA) is 32.3 Å². The Bertz CT molecular complexity index is 312. The van der Waals surface area contributed by atoms with Gasteiger partial charge in [0.2, 0.25) is 0 Å². The van der Waals surface area contributed by atoms with E-state index in [1.54, 1.807) is 12.1 Å². The molecule has 0 amide bonds. The predicted octanol–water partition coefficient (Wildman–Crippen LogP) is 3.29. The van der Waals surface area contributed by atoms with Crippen LogP contribution < -0.4 is 5.32 Å². The van der Waals surface area contributed by atoms with Crippen molar-refractivity contribution in [3.05, 3.63) is 28.2 Å². The average Bonchev–Trinajstić information content (AvgIpc) is 2.17. The monoisotopic (exact) mass is 271 g/mol. The highest BCUT2D eigenvalue weighted by Crippen LogP contribution is 2.21. The molecule has 0 fully saturated rings. The minimum absolute atomic E-state index is 0.318. The molecule has 0 unspecified atom stereocenters. The predicted molar refractivity (Wildman–Crippen MR) is 67.0 cm³/mol. The number of hydrogen-bond acceptors (Lipinski definition) is 2. The molecule has 2 N–H and O–H groups in total. The first kappa shape index (κ1) is 12.5. The van der Waals surface area contributed by atoms with E-state index < -0.39 is 0 Å². The van der Waals surface area contributed by atoms with Gasteiger partial charge in [-0.2, -0.15) is 0 Å². The second kappa shape index (κ2) is 6.13. The van der Waals surface area contributed by atoms with Gasteiger partial charge < -0.3 is 10.4 Å². The molecule has 0 aliphatic rings. The summed E-state index contributed by atoms with van der Waals surface area (Å²) in [7, 11) is 0. The Kier molecular flexibility index (Phi) is 5.12. The number of nitrogens with one attached hydrogen (secondary N) is 1. The second-order valence-corrected chi connectivity index (χ2v) is 4.99. The van der Waals surface area contributed by atoms with Gasteiger partial charge >= 0.3 is 0 Å². The summed E-state index contributed by atoms with van der Waals surface area (Å²) >= 11 is 3.46. The van der Waals surface area contributed by atoms with Crippen LogP contribution in [0.15, 0.2) is 22.7 Å². The SMILES string of the molecule is CC(C)CCNCc1cc(O)ccc1Br. The van der Waals surface area contributed by atoms with Crippen molar-refractivity contribution in [2.45, 2.75) is 26.8 Å². The fraction of sp³-hybridized carbons (Fsp3) is 0.500. The number of phenols is 1. The molecular weight excluding hydrogens is 254 g/mol. The Hall–Kier alpha value is -0.540. The van der Waals surface area contributed by atoms with Crippen molar-refractivity contribution in [1.82, 2.24) is 5.32 Å². The largest absolute Gasteiger partial charge is 0.508 e. The van der Waals surface area contributed by atoms with Gasteiger partial charge in [-0.1, -0.05) is 29.8 Å². The van der Waals surface area contributed by atoms with Crippen molar-refractivity contribution in [3.63, 3.8) is 0 Å². The Morgan fingerprint density at radius 1 is 1.40 bits per heavy atom. The van der Waals surface area contributed by atoms with Crippen LogP contribution in [0.5, 0.6) is 5.75 Å². The van der Waals surface area contributed by atoms with E-state index in [4.69, 9.17) is 0 Å². The molecule has 15 heavy (non-hydrogen) atoms. The fourth-order valence-corrected chi connectivity index (χ4v) is 1.70. The molecule has 0 spiro atoms. The lowest BCUT2D eigenvalue weighted by Crippen LogP contribution is -2.16. The Morgan fingerprint density at radius 3 is 2.80 bits per heavy atom. The number of aromatic hydroxyl groups is 1. The summed E-state index contributed by atoms with van der Waals surface area (Å²) in [5, 5.41) is 12.7. The lowest BCUT2D eigenvalue weighted by molar-refractivity contribution is 0.473. The van der Waals surface area contributed by atoms with Crippen LogP contribution >= 0.6 is 15.9 Å². The highest BCUT2D eigenvalue weighted by molar-refractivity contribution is 9.10. The van der Waals surface area contributed by atoms with Crippen molar-refractivity contribution in [3.8, 4) is 5.75 Å². The van der Waals surface area contributed by atoms with Gasteiger partial charge in [0.1, 0.15) is 5.75 Å². The second-order valence-electron chi connectivity index (χ2n) is 4.14. The molecule has 0 saturated carbocycles. The number of phenolic OH excluding ortho intramolecular Hbond substituents is 1. The van der Waals surface area contributed by atoms with E-state index >= 15 is 0 Å². The standard InChI is InChI=1S/C12H18BrNO/c1-9(2)5-6-14-8-10-7-11(15)3-4-12(10)13/h3-4,7,9,14-15H,5-6,8H2,1-2H3. The molecule has 0 aliphatic carbocycles. The molecule has 0 heterocycles. The van der Waals surface area contributed by atoms with Gasteiger partial charge in [0.25, 0.3) is 0 Å². The third-order valence-electron chi connectivity index (χ3n) is 2.24. The van der Waals surface area contributed by atoms with Crippen molar-refractivity contribution >= 4 is 15.9 Å². The van der Waals surface area contributed by atoms with Crippen molar-refractivity contribution in [1.29, 1.82) is 0 Å². The molecule has 0 aliphatic heterocycles. The molecule has 3 heteroatoms. The van der Waals surface area contributed by atoms with Gasteiger partial charge in [-0.25, -0.2) is 0 Å². The average molecular weight is 272 g/mol. The van der Waals surface area contributed by atoms with Crippen LogP contribution in [0.1, 0.15) is 25.8 Å². The zero-order chi connectivity index (χ0) is 11.3. The van der Waals surface area contributed by atoms with Crippen molar-refractivity contribution in [2.75, 3.05) is 6.54 Å². The number of benzene rings is 1. The van der Waals surface area contributed by atoms with Crippen molar-refractivity contribution in [2.24, 2.45) is 5.92 Å². The van der Waals surface area contributed by atoms with Crippen LogP contribution in [-0.2, 0) is 6.54 Å². The Morgan fingerprint density at radius 2 is 2.13 bits per heavy atom. The van der Waals surface area contributed by atoms with Gasteiger partial charge in [0.15, 0.2) is 0 Å². The summed E-state index contributed by atoms with van der Waals surface area (Å²) in [5.74, 6) is 1.05. The first-order valence-electron chi connectivity index (χ1n) is 5.27. The molecule has 1 aromatic carbocycles. The van der Waals surface area contributed by atoms with Crippen LogP contribution in [0.25, 0.3) is 0 Å². The molecule has 84 valence electrons. The smallest absolute Gasteiger partial charge is 0.115 e. The molecular formula is C12H18BrNO. The molecule has 1 aromatic rings. The molecule has 0 atom stereocenters. The molecule has 2 nitrogen and oxygen atoms in total. The first-order valence-corrected chi connectivity index (χ1v) is 6.07. The van der Waals surface area contributed by atoms with E-state index in [0.29, 0.717) is 5.75 Å². The summed E-state index contributed by atoms with van der Waals surface area (Å²) < 4.78 is 1.04. The maximum Gasteiger partial charge on any atom is 0.115 e. The summed E-state index contributed by atoms with van der Waals surface area (Å²) in [6.45, 7) is 6.24. The number of rotatable bonds is 5. The maximum absolute atomic E-state index is 9.33. The fourth-order valence-electron chi connectivity index (χ4n) is 1.31. The van der Waals surface area contributed by atoms with Gasteiger partial charge in [-0.3, -0.25) is 0 Å². The Balaban J connectivity index is 2.40. The number of halogens is 1. The normalized spacial score (nSPS) is 10.9. The quantitative estimate of drug-likeness (QED) is 0.806. The van der Waals surface area contributed by atoms with E-state index in [0.717, 1.165) is 29.0 Å². The van der Waals surface area contributed by atoms with Crippen molar-refractivity contribution < 1.29 is 5.11 Å². The van der Waals surface area contributed by atoms with E-state index in [1.807, 2.05) is 6.07 Å². The summed E-state index contributed by atoms with van der Waals surface area (Å²) in [4.78, 5) is 0. The highest BCUT2D eigenvalue weighted by Gasteiger charge is 2.01. The van der Waals surface area contributed by atoms with E-state index in [-0.39, 0.29) is 0 Å². The van der Waals surface area contributed by atoms with Gasteiger partial charge in [0, 0.05) is 11.0 Å². The maximum atomic E-state index is 9.33. The van der Waals surface area contributed by atoms with E-state index in [1.165, 1.54) is 6.42 Å². The highest BCUT2D eigenvalue weighted by atomic mass is 79.9. The van der Waals surface area contributed by atoms with Crippen LogP contribution in [-0.4, -0.2) is 11.7 Å². The minimum atomic E-state index is 0.318. The molecule has 0 aromatic heterocycles. The van der Waals surface area contributed by atoms with Crippen LogP contribution in [0.2, 0.25) is 0 Å². The lowest BCUT2D eigenvalue weighted by Gasteiger charge is -2.08. The van der Waals surface area contributed by atoms with Gasteiger partial charge in [-0.05, 0) is 42.6 Å². The minimum Gasteiger partial charge on any atom is -0.508 e. The summed E-state index contributed by atoms with van der Waals surface area (Å²) in [5.41, 5.74) is 1.10. The third kappa shape index (κ3) is 4.67. The Labute approximate surface area is 99.8 Å². The van der Waals surface area contributed by atoms with Gasteiger partial charge in [0.05, 0.1) is 0 Å².